The summed E-state index contributed by atoms with van der Waals surface area (Å²) in [6.07, 6.45) is 1.77. The molecular weight excluding hydrogens is 571 g/mol. The van der Waals surface area contributed by atoms with Crippen LogP contribution in [0.15, 0.2) is 41.3 Å². The molecule has 1 heterocycles. The van der Waals surface area contributed by atoms with Gasteiger partial charge in [0.1, 0.15) is 4.32 Å². The highest BCUT2D eigenvalue weighted by Gasteiger charge is 2.28. The van der Waals surface area contributed by atoms with Gasteiger partial charge in [-0.1, -0.05) is 35.6 Å². The highest BCUT2D eigenvalue weighted by atomic mass is 127. The number of hydrogen-bond donors (Lipinski definition) is 1. The quantitative estimate of drug-likeness (QED) is 0.273. The van der Waals surface area contributed by atoms with Crippen molar-refractivity contribution >= 4 is 86.1 Å². The lowest BCUT2D eigenvalue weighted by atomic mass is 10.2. The van der Waals surface area contributed by atoms with Gasteiger partial charge in [0.05, 0.1) is 15.1 Å². The van der Waals surface area contributed by atoms with Crippen molar-refractivity contribution in [2.75, 3.05) is 25.6 Å². The van der Waals surface area contributed by atoms with Crippen molar-refractivity contribution in [2.24, 2.45) is 0 Å². The largest absolute Gasteiger partial charge is 0.490 e. The van der Waals surface area contributed by atoms with E-state index < -0.39 is 0 Å². The average Bonchev–Trinajstić information content (AvgIpc) is 2.96. The standard InChI is InChI=1S/C21H18ClIN2O4S2/c1-3-28-16-9-12(10-17-20(27)25(2)21(30)31-17)8-15(23)19(16)29-11-18(26)24-14-6-4-13(22)5-7-14/h4-10H,3,11H2,1-2H3,(H,24,26)/b17-10-. The molecular formula is C21H18ClIN2O4S2. The molecule has 2 amide bonds. The van der Waals surface area contributed by atoms with Gasteiger partial charge in [-0.2, -0.15) is 0 Å². The Bertz CT molecular complexity index is 1060. The van der Waals surface area contributed by atoms with Crippen molar-refractivity contribution in [3.8, 4) is 11.5 Å². The topological polar surface area (TPSA) is 67.9 Å². The van der Waals surface area contributed by atoms with Gasteiger partial charge in [0.25, 0.3) is 11.8 Å². The molecule has 1 saturated heterocycles. The lowest BCUT2D eigenvalue weighted by Crippen LogP contribution is -2.22. The maximum atomic E-state index is 12.3. The van der Waals surface area contributed by atoms with Crippen molar-refractivity contribution in [1.82, 2.24) is 4.90 Å². The van der Waals surface area contributed by atoms with E-state index in [1.807, 2.05) is 13.0 Å². The number of amides is 2. The van der Waals surface area contributed by atoms with Gasteiger partial charge in [-0.05, 0) is 77.6 Å². The molecule has 1 aliphatic heterocycles. The lowest BCUT2D eigenvalue weighted by molar-refractivity contribution is -0.121. The zero-order valence-corrected chi connectivity index (χ0v) is 21.2. The Morgan fingerprint density at radius 3 is 2.61 bits per heavy atom. The summed E-state index contributed by atoms with van der Waals surface area (Å²) in [7, 11) is 1.65. The number of nitrogens with one attached hydrogen (secondary N) is 1. The van der Waals surface area contributed by atoms with E-state index in [9.17, 15) is 9.59 Å². The molecule has 0 atom stereocenters. The number of rotatable bonds is 7. The fraction of sp³-hybridized carbons (Fsp3) is 0.190. The third-order valence-corrected chi connectivity index (χ3v) is 6.63. The van der Waals surface area contributed by atoms with Crippen LogP contribution in [-0.2, 0) is 9.59 Å². The summed E-state index contributed by atoms with van der Waals surface area (Å²) in [4.78, 5) is 26.5. The lowest BCUT2D eigenvalue weighted by Gasteiger charge is -2.15. The maximum absolute atomic E-state index is 12.3. The SMILES string of the molecule is CCOc1cc(/C=C2\SC(=S)N(C)C2=O)cc(I)c1OCC(=O)Nc1ccc(Cl)cc1. The summed E-state index contributed by atoms with van der Waals surface area (Å²) < 4.78 is 12.8. The molecule has 10 heteroatoms. The van der Waals surface area contributed by atoms with E-state index in [0.717, 1.165) is 9.13 Å². The van der Waals surface area contributed by atoms with Gasteiger partial charge in [0, 0.05) is 17.8 Å². The van der Waals surface area contributed by atoms with Crippen LogP contribution in [0.5, 0.6) is 11.5 Å². The van der Waals surface area contributed by atoms with Gasteiger partial charge in [-0.3, -0.25) is 14.5 Å². The van der Waals surface area contributed by atoms with Crippen molar-refractivity contribution < 1.29 is 19.1 Å². The predicted molar refractivity (Wildman–Crippen MR) is 137 cm³/mol. The third-order valence-electron chi connectivity index (χ3n) is 4.09. The number of thiocarbonyl (C=S) groups is 1. The molecule has 0 bridgehead atoms. The normalized spacial score (nSPS) is 14.8. The minimum Gasteiger partial charge on any atom is -0.490 e. The average molecular weight is 589 g/mol. The van der Waals surface area contributed by atoms with Crippen LogP contribution >= 0.6 is 58.2 Å². The number of hydrogen-bond acceptors (Lipinski definition) is 6. The second kappa shape index (κ2) is 10.7. The summed E-state index contributed by atoms with van der Waals surface area (Å²) in [6, 6.07) is 10.4. The van der Waals surface area contributed by atoms with Crippen LogP contribution < -0.4 is 14.8 Å². The Hall–Kier alpha value is -1.82. The van der Waals surface area contributed by atoms with Crippen molar-refractivity contribution in [2.45, 2.75) is 6.92 Å². The molecule has 162 valence electrons. The molecule has 0 radical (unpaired) electrons. The minimum atomic E-state index is -0.309. The molecule has 1 aliphatic rings. The van der Waals surface area contributed by atoms with Crippen molar-refractivity contribution in [3.63, 3.8) is 0 Å². The van der Waals surface area contributed by atoms with E-state index in [2.05, 4.69) is 27.9 Å². The predicted octanol–water partition coefficient (Wildman–Crippen LogP) is 5.19. The van der Waals surface area contributed by atoms with Crippen LogP contribution in [0.25, 0.3) is 6.08 Å². The third kappa shape index (κ3) is 6.12. The van der Waals surface area contributed by atoms with Crippen LogP contribution in [0.1, 0.15) is 12.5 Å². The van der Waals surface area contributed by atoms with Gasteiger partial charge in [-0.25, -0.2) is 0 Å². The van der Waals surface area contributed by atoms with Crippen LogP contribution in [0.2, 0.25) is 5.02 Å². The maximum Gasteiger partial charge on any atom is 0.265 e. The molecule has 0 spiro atoms. The first-order valence-corrected chi connectivity index (χ1v) is 11.8. The zero-order chi connectivity index (χ0) is 22.5. The number of likely N-dealkylation sites (N-methyl/N-ethyl adjacent to an activating group) is 1. The zero-order valence-electron chi connectivity index (χ0n) is 16.6. The van der Waals surface area contributed by atoms with Gasteiger partial charge in [-0.15, -0.1) is 0 Å². The van der Waals surface area contributed by atoms with Crippen LogP contribution in [0.3, 0.4) is 0 Å². The van der Waals surface area contributed by atoms with Gasteiger partial charge >= 0.3 is 0 Å². The number of nitrogens with zero attached hydrogens (tertiary/aromatic N) is 1. The fourth-order valence-corrected chi connectivity index (χ4v) is 4.73. The smallest absolute Gasteiger partial charge is 0.265 e. The first-order chi connectivity index (χ1) is 14.8. The summed E-state index contributed by atoms with van der Waals surface area (Å²) in [5.74, 6) is 0.513. The van der Waals surface area contributed by atoms with Crippen LogP contribution in [0.4, 0.5) is 5.69 Å². The van der Waals surface area contributed by atoms with Gasteiger partial charge in [0.2, 0.25) is 0 Å². The highest BCUT2D eigenvalue weighted by Crippen LogP contribution is 2.37. The fourth-order valence-electron chi connectivity index (χ4n) is 2.64. The molecule has 0 aromatic heterocycles. The Morgan fingerprint density at radius 1 is 1.29 bits per heavy atom. The number of ether oxygens (including phenoxy) is 2. The number of carbonyl (C=O) groups excluding carboxylic acids is 2. The van der Waals surface area contributed by atoms with E-state index in [4.69, 9.17) is 33.3 Å². The van der Waals surface area contributed by atoms with Gasteiger partial charge in [0.15, 0.2) is 18.1 Å². The molecule has 2 aromatic rings. The number of carbonyl (C=O) groups is 2. The molecule has 6 nitrogen and oxygen atoms in total. The van der Waals surface area contributed by atoms with E-state index in [0.29, 0.717) is 38.0 Å². The summed E-state index contributed by atoms with van der Waals surface area (Å²) in [5, 5.41) is 3.34. The first-order valence-electron chi connectivity index (χ1n) is 9.14. The molecule has 2 aromatic carbocycles. The Kier molecular flexibility index (Phi) is 8.20. The van der Waals surface area contributed by atoms with Crippen LogP contribution in [-0.4, -0.2) is 41.3 Å². The molecule has 1 N–H and O–H groups in total. The van der Waals surface area contributed by atoms with Crippen molar-refractivity contribution in [3.05, 3.63) is 55.5 Å². The number of benzene rings is 2. The molecule has 0 unspecified atom stereocenters. The Labute approximate surface area is 208 Å². The highest BCUT2D eigenvalue weighted by molar-refractivity contribution is 14.1. The summed E-state index contributed by atoms with van der Waals surface area (Å²) >= 11 is 14.4. The number of halogens is 2. The number of thioether (sulfide) groups is 1. The van der Waals surface area contributed by atoms with Crippen LogP contribution in [0, 0.1) is 3.57 Å². The Morgan fingerprint density at radius 2 is 2.00 bits per heavy atom. The summed E-state index contributed by atoms with van der Waals surface area (Å²) in [6.45, 7) is 2.09. The van der Waals surface area contributed by atoms with E-state index >= 15 is 0 Å². The van der Waals surface area contributed by atoms with E-state index in [1.165, 1.54) is 16.7 Å². The second-order valence-electron chi connectivity index (χ2n) is 6.35. The Balaban J connectivity index is 1.76. The minimum absolute atomic E-state index is 0.137. The summed E-state index contributed by atoms with van der Waals surface area (Å²) in [5.41, 5.74) is 1.40. The molecule has 0 aliphatic carbocycles. The van der Waals surface area contributed by atoms with Crippen molar-refractivity contribution in [1.29, 1.82) is 0 Å². The molecule has 31 heavy (non-hydrogen) atoms. The van der Waals surface area contributed by atoms with E-state index in [1.54, 1.807) is 43.5 Å². The first kappa shape index (κ1) is 23.8. The molecule has 3 rings (SSSR count). The number of anilines is 1. The second-order valence-corrected chi connectivity index (χ2v) is 9.62. The van der Waals surface area contributed by atoms with E-state index in [-0.39, 0.29) is 18.4 Å². The molecule has 1 fully saturated rings. The molecule has 0 saturated carbocycles. The monoisotopic (exact) mass is 588 g/mol. The van der Waals surface area contributed by atoms with Gasteiger partial charge < -0.3 is 14.8 Å².